The predicted molar refractivity (Wildman–Crippen MR) is 98.3 cm³/mol. The molecule has 0 radical (unpaired) electrons. The van der Waals surface area contributed by atoms with E-state index in [0.29, 0.717) is 16.7 Å². The summed E-state index contributed by atoms with van der Waals surface area (Å²) in [6.45, 7) is 3.83. The summed E-state index contributed by atoms with van der Waals surface area (Å²) in [5.41, 5.74) is 1.11. The maximum atomic E-state index is 11.6. The van der Waals surface area contributed by atoms with Gasteiger partial charge in [0.25, 0.3) is 0 Å². The van der Waals surface area contributed by atoms with Crippen LogP contribution in [-0.2, 0) is 9.84 Å². The molecule has 1 aromatic rings. The Kier molecular flexibility index (Phi) is 4.49. The molecule has 25 heavy (non-hydrogen) atoms. The minimum atomic E-state index is -3.15. The molecule has 0 spiro atoms. The predicted octanol–water partition coefficient (Wildman–Crippen LogP) is 0.796. The van der Waals surface area contributed by atoms with Crippen LogP contribution in [0.3, 0.4) is 0 Å². The molecule has 7 heteroatoms. The SMILES string of the molecule is CS(=O)(=O)c1ccc(C2CNCC(N3CC4C=CN=CC4C3)N2)cc1. The lowest BCUT2D eigenvalue weighted by atomic mass is 9.96. The van der Waals surface area contributed by atoms with Crippen LogP contribution in [0.4, 0.5) is 0 Å². The Morgan fingerprint density at radius 2 is 1.88 bits per heavy atom. The zero-order valence-corrected chi connectivity index (χ0v) is 15.1. The first kappa shape index (κ1) is 16.9. The fourth-order valence-electron chi connectivity index (χ4n) is 3.93. The molecule has 2 saturated heterocycles. The summed E-state index contributed by atoms with van der Waals surface area (Å²) >= 11 is 0. The molecule has 0 saturated carbocycles. The van der Waals surface area contributed by atoms with Crippen molar-refractivity contribution in [1.29, 1.82) is 0 Å². The molecule has 2 N–H and O–H groups in total. The monoisotopic (exact) mass is 360 g/mol. The normalized spacial score (nSPS) is 32.7. The highest BCUT2D eigenvalue weighted by Gasteiger charge is 2.36. The zero-order chi connectivity index (χ0) is 17.4. The average Bonchev–Trinajstić information content (AvgIpc) is 3.05. The van der Waals surface area contributed by atoms with Crippen LogP contribution >= 0.6 is 0 Å². The first-order valence-corrected chi connectivity index (χ1v) is 10.6. The van der Waals surface area contributed by atoms with E-state index in [0.717, 1.165) is 31.7 Å². The van der Waals surface area contributed by atoms with Gasteiger partial charge in [-0.15, -0.1) is 0 Å². The van der Waals surface area contributed by atoms with Gasteiger partial charge in [-0.25, -0.2) is 8.42 Å². The first-order chi connectivity index (χ1) is 12.0. The van der Waals surface area contributed by atoms with Crippen LogP contribution in [0.2, 0.25) is 0 Å². The lowest BCUT2D eigenvalue weighted by molar-refractivity contribution is 0.152. The number of rotatable bonds is 3. The Morgan fingerprint density at radius 3 is 2.60 bits per heavy atom. The van der Waals surface area contributed by atoms with Crippen molar-refractivity contribution >= 4 is 16.1 Å². The first-order valence-electron chi connectivity index (χ1n) is 8.71. The summed E-state index contributed by atoms with van der Waals surface area (Å²) in [6.07, 6.45) is 7.71. The number of likely N-dealkylation sites (tertiary alicyclic amines) is 1. The van der Waals surface area contributed by atoms with Gasteiger partial charge >= 0.3 is 0 Å². The van der Waals surface area contributed by atoms with Crippen LogP contribution < -0.4 is 10.6 Å². The summed E-state index contributed by atoms with van der Waals surface area (Å²) in [5.74, 6) is 1.08. The van der Waals surface area contributed by atoms with E-state index in [4.69, 9.17) is 0 Å². The van der Waals surface area contributed by atoms with E-state index in [1.807, 2.05) is 18.3 Å². The second-order valence-corrected chi connectivity index (χ2v) is 9.17. The van der Waals surface area contributed by atoms with Crippen LogP contribution in [0.1, 0.15) is 11.6 Å². The third-order valence-corrected chi connectivity index (χ3v) is 6.50. The molecular formula is C18H24N4O2S. The van der Waals surface area contributed by atoms with E-state index in [1.54, 1.807) is 12.1 Å². The van der Waals surface area contributed by atoms with Gasteiger partial charge in [0.15, 0.2) is 9.84 Å². The van der Waals surface area contributed by atoms with Crippen molar-refractivity contribution < 1.29 is 8.42 Å². The Balaban J connectivity index is 1.44. The molecule has 3 aliphatic heterocycles. The van der Waals surface area contributed by atoms with Gasteiger partial charge in [0.05, 0.1) is 11.1 Å². The highest BCUT2D eigenvalue weighted by atomic mass is 32.2. The molecule has 4 atom stereocenters. The van der Waals surface area contributed by atoms with Gasteiger partial charge in [0.2, 0.25) is 0 Å². The number of hydrogen-bond acceptors (Lipinski definition) is 6. The van der Waals surface area contributed by atoms with Crippen LogP contribution in [0.25, 0.3) is 0 Å². The average molecular weight is 360 g/mol. The number of hydrogen-bond donors (Lipinski definition) is 2. The van der Waals surface area contributed by atoms with Crippen LogP contribution in [0.5, 0.6) is 0 Å². The topological polar surface area (TPSA) is 73.8 Å². The Bertz CT molecular complexity index is 768. The van der Waals surface area contributed by atoms with Crippen molar-refractivity contribution in [2.24, 2.45) is 16.8 Å². The molecule has 0 aromatic heterocycles. The van der Waals surface area contributed by atoms with Gasteiger partial charge in [0.1, 0.15) is 0 Å². The van der Waals surface area contributed by atoms with Crippen molar-refractivity contribution in [3.8, 4) is 0 Å². The number of benzene rings is 1. The lowest BCUT2D eigenvalue weighted by Crippen LogP contribution is -2.57. The van der Waals surface area contributed by atoms with E-state index >= 15 is 0 Å². The molecular weight excluding hydrogens is 336 g/mol. The number of piperazine rings is 1. The second-order valence-electron chi connectivity index (χ2n) is 7.16. The molecule has 0 bridgehead atoms. The van der Waals surface area contributed by atoms with E-state index in [9.17, 15) is 8.42 Å². The molecule has 3 heterocycles. The largest absolute Gasteiger partial charge is 0.312 e. The maximum absolute atomic E-state index is 11.6. The Labute approximate surface area is 148 Å². The van der Waals surface area contributed by atoms with Gasteiger partial charge in [-0.3, -0.25) is 15.2 Å². The lowest BCUT2D eigenvalue weighted by Gasteiger charge is -2.37. The Hall–Kier alpha value is -1.54. The molecule has 6 nitrogen and oxygen atoms in total. The van der Waals surface area contributed by atoms with Crippen molar-refractivity contribution in [1.82, 2.24) is 15.5 Å². The van der Waals surface area contributed by atoms with Crippen LogP contribution in [-0.4, -0.2) is 58.1 Å². The van der Waals surface area contributed by atoms with E-state index in [2.05, 4.69) is 32.8 Å². The molecule has 0 aliphatic carbocycles. The van der Waals surface area contributed by atoms with Gasteiger partial charge in [-0.2, -0.15) is 0 Å². The van der Waals surface area contributed by atoms with Gasteiger partial charge in [-0.1, -0.05) is 18.2 Å². The quantitative estimate of drug-likeness (QED) is 0.834. The summed E-state index contributed by atoms with van der Waals surface area (Å²) in [7, 11) is -3.15. The minimum Gasteiger partial charge on any atom is -0.312 e. The van der Waals surface area contributed by atoms with Crippen LogP contribution in [0, 0.1) is 11.8 Å². The molecule has 1 aromatic carbocycles. The summed E-state index contributed by atoms with van der Waals surface area (Å²) in [4.78, 5) is 7.13. The standard InChI is InChI=1S/C18H24N4O2S/c1-25(23,24)16-4-2-13(3-5-16)17-9-20-10-18(21-17)22-11-14-6-7-19-8-15(14)12-22/h2-8,14-15,17-18,20-21H,9-12H2,1H3. The van der Waals surface area contributed by atoms with E-state index < -0.39 is 9.84 Å². The maximum Gasteiger partial charge on any atom is 0.175 e. The number of aliphatic imine (C=N–C) groups is 1. The molecule has 134 valence electrons. The Morgan fingerprint density at radius 1 is 1.12 bits per heavy atom. The highest BCUT2D eigenvalue weighted by Crippen LogP contribution is 2.28. The van der Waals surface area contributed by atoms with E-state index in [1.165, 1.54) is 6.26 Å². The number of fused-ring (bicyclic) bond motifs is 1. The smallest absolute Gasteiger partial charge is 0.175 e. The fraction of sp³-hybridized carbons (Fsp3) is 0.500. The molecule has 2 fully saturated rings. The molecule has 4 rings (SSSR count). The summed E-state index contributed by atoms with van der Waals surface area (Å²) in [5, 5.41) is 7.24. The summed E-state index contributed by atoms with van der Waals surface area (Å²) < 4.78 is 23.2. The fourth-order valence-corrected chi connectivity index (χ4v) is 4.56. The van der Waals surface area contributed by atoms with Crippen molar-refractivity contribution in [3.05, 3.63) is 42.1 Å². The van der Waals surface area contributed by atoms with Crippen molar-refractivity contribution in [2.45, 2.75) is 17.1 Å². The van der Waals surface area contributed by atoms with Crippen molar-refractivity contribution in [2.75, 3.05) is 32.4 Å². The number of sulfone groups is 1. The van der Waals surface area contributed by atoms with Gasteiger partial charge < -0.3 is 5.32 Å². The third-order valence-electron chi connectivity index (χ3n) is 5.37. The van der Waals surface area contributed by atoms with Gasteiger partial charge in [0, 0.05) is 62.7 Å². The zero-order valence-electron chi connectivity index (χ0n) is 14.3. The number of nitrogens with zero attached hydrogens (tertiary/aromatic N) is 2. The third kappa shape index (κ3) is 3.55. The van der Waals surface area contributed by atoms with Crippen molar-refractivity contribution in [3.63, 3.8) is 0 Å². The molecule has 4 unspecified atom stereocenters. The minimum absolute atomic E-state index is 0.180. The summed E-state index contributed by atoms with van der Waals surface area (Å²) in [6, 6.07) is 7.40. The van der Waals surface area contributed by atoms with Gasteiger partial charge in [-0.05, 0) is 17.7 Å². The molecule has 0 amide bonds. The van der Waals surface area contributed by atoms with E-state index in [-0.39, 0.29) is 12.2 Å². The highest BCUT2D eigenvalue weighted by molar-refractivity contribution is 7.90. The number of nitrogens with one attached hydrogen (secondary N) is 2. The molecule has 3 aliphatic rings. The second kappa shape index (κ2) is 6.64. The van der Waals surface area contributed by atoms with Crippen LogP contribution in [0.15, 0.2) is 46.4 Å².